The average molecular weight is 336 g/mol. The van der Waals surface area contributed by atoms with E-state index in [4.69, 9.17) is 23.2 Å². The fourth-order valence-corrected chi connectivity index (χ4v) is 2.95. The Labute approximate surface area is 139 Å². The summed E-state index contributed by atoms with van der Waals surface area (Å²) in [6, 6.07) is 8.68. The summed E-state index contributed by atoms with van der Waals surface area (Å²) in [5.41, 5.74) is 1.92. The van der Waals surface area contributed by atoms with Crippen molar-refractivity contribution in [2.45, 2.75) is 12.8 Å². The van der Waals surface area contributed by atoms with Crippen molar-refractivity contribution < 1.29 is 4.79 Å². The van der Waals surface area contributed by atoms with Crippen molar-refractivity contribution in [2.75, 3.05) is 23.3 Å². The molecule has 114 valence electrons. The van der Waals surface area contributed by atoms with E-state index in [2.05, 4.69) is 15.2 Å². The first-order valence-electron chi connectivity index (χ1n) is 7.11. The van der Waals surface area contributed by atoms with Crippen LogP contribution in [0.3, 0.4) is 0 Å². The maximum absolute atomic E-state index is 12.3. The standard InChI is InChI=1S/C16H15Cl2N3O/c17-11-3-4-14(13(18)9-11)20-16(22)15-10-12(5-6-19-15)21-7-1-2-8-21/h3-6,9-10H,1-2,7-8H2,(H,20,22). The zero-order valence-corrected chi connectivity index (χ0v) is 13.4. The Morgan fingerprint density at radius 2 is 1.91 bits per heavy atom. The Kier molecular flexibility index (Phi) is 4.50. The minimum atomic E-state index is -0.287. The molecule has 0 aliphatic carbocycles. The highest BCUT2D eigenvalue weighted by molar-refractivity contribution is 6.36. The monoisotopic (exact) mass is 335 g/mol. The molecule has 0 radical (unpaired) electrons. The number of rotatable bonds is 3. The second kappa shape index (κ2) is 6.55. The predicted octanol–water partition coefficient (Wildman–Crippen LogP) is 4.24. The zero-order valence-electron chi connectivity index (χ0n) is 11.9. The number of aromatic nitrogens is 1. The second-order valence-corrected chi connectivity index (χ2v) is 6.02. The number of hydrogen-bond donors (Lipinski definition) is 1. The molecule has 6 heteroatoms. The molecule has 1 saturated heterocycles. The highest BCUT2D eigenvalue weighted by Crippen LogP contribution is 2.26. The van der Waals surface area contributed by atoms with Gasteiger partial charge in [0.15, 0.2) is 0 Å². The normalized spacial score (nSPS) is 14.2. The lowest BCUT2D eigenvalue weighted by Crippen LogP contribution is -2.19. The molecule has 2 aromatic rings. The van der Waals surface area contributed by atoms with Crippen LogP contribution in [-0.2, 0) is 0 Å². The topological polar surface area (TPSA) is 45.2 Å². The summed E-state index contributed by atoms with van der Waals surface area (Å²) in [6.45, 7) is 2.04. The lowest BCUT2D eigenvalue weighted by atomic mass is 10.2. The summed E-state index contributed by atoms with van der Waals surface area (Å²) >= 11 is 11.9. The van der Waals surface area contributed by atoms with E-state index < -0.39 is 0 Å². The molecule has 0 saturated carbocycles. The van der Waals surface area contributed by atoms with E-state index >= 15 is 0 Å². The third-order valence-corrected chi connectivity index (χ3v) is 4.17. The number of carbonyl (C=O) groups excluding carboxylic acids is 1. The van der Waals surface area contributed by atoms with Crippen LogP contribution >= 0.6 is 23.2 Å². The van der Waals surface area contributed by atoms with E-state index in [0.29, 0.717) is 21.4 Å². The van der Waals surface area contributed by atoms with Crippen molar-refractivity contribution in [3.05, 3.63) is 52.3 Å². The molecule has 3 rings (SSSR count). The van der Waals surface area contributed by atoms with E-state index in [0.717, 1.165) is 18.8 Å². The molecule has 0 unspecified atom stereocenters. The molecule has 1 aliphatic rings. The van der Waals surface area contributed by atoms with E-state index in [-0.39, 0.29) is 5.91 Å². The van der Waals surface area contributed by atoms with Crippen LogP contribution in [0, 0.1) is 0 Å². The van der Waals surface area contributed by atoms with Gasteiger partial charge in [0.1, 0.15) is 5.69 Å². The van der Waals surface area contributed by atoms with Crippen LogP contribution in [0.15, 0.2) is 36.5 Å². The van der Waals surface area contributed by atoms with E-state index in [1.807, 2.05) is 12.1 Å². The van der Waals surface area contributed by atoms with Gasteiger partial charge in [-0.25, -0.2) is 0 Å². The molecule has 0 atom stereocenters. The van der Waals surface area contributed by atoms with Crippen LogP contribution in [0.4, 0.5) is 11.4 Å². The molecular weight excluding hydrogens is 321 g/mol. The molecular formula is C16H15Cl2N3O. The summed E-state index contributed by atoms with van der Waals surface area (Å²) in [4.78, 5) is 18.7. The van der Waals surface area contributed by atoms with Crippen molar-refractivity contribution in [3.8, 4) is 0 Å². The molecule has 0 bridgehead atoms. The van der Waals surface area contributed by atoms with Gasteiger partial charge in [0, 0.05) is 30.0 Å². The number of nitrogens with zero attached hydrogens (tertiary/aromatic N) is 2. The molecule has 22 heavy (non-hydrogen) atoms. The molecule has 4 nitrogen and oxygen atoms in total. The van der Waals surface area contributed by atoms with Gasteiger partial charge in [0.25, 0.3) is 5.91 Å². The van der Waals surface area contributed by atoms with Crippen LogP contribution in [0.2, 0.25) is 10.0 Å². The molecule has 1 aliphatic heterocycles. The van der Waals surface area contributed by atoms with E-state index in [1.165, 1.54) is 12.8 Å². The Morgan fingerprint density at radius 1 is 1.14 bits per heavy atom. The molecule has 1 amide bonds. The summed E-state index contributed by atoms with van der Waals surface area (Å²) in [5.74, 6) is -0.287. The average Bonchev–Trinajstić information content (AvgIpc) is 3.04. The highest BCUT2D eigenvalue weighted by atomic mass is 35.5. The van der Waals surface area contributed by atoms with Gasteiger partial charge in [0.2, 0.25) is 0 Å². The number of carbonyl (C=O) groups is 1. The van der Waals surface area contributed by atoms with Crippen LogP contribution < -0.4 is 10.2 Å². The first kappa shape index (κ1) is 15.1. The number of amides is 1. The fraction of sp³-hybridized carbons (Fsp3) is 0.250. The van der Waals surface area contributed by atoms with Crippen LogP contribution in [0.5, 0.6) is 0 Å². The maximum atomic E-state index is 12.3. The third kappa shape index (κ3) is 3.34. The van der Waals surface area contributed by atoms with Crippen molar-refractivity contribution in [3.63, 3.8) is 0 Å². The molecule has 1 fully saturated rings. The van der Waals surface area contributed by atoms with Gasteiger partial charge in [-0.3, -0.25) is 9.78 Å². The van der Waals surface area contributed by atoms with E-state index in [1.54, 1.807) is 24.4 Å². The first-order chi connectivity index (χ1) is 10.6. The van der Waals surface area contributed by atoms with Crippen molar-refractivity contribution >= 4 is 40.5 Å². The van der Waals surface area contributed by atoms with Crippen LogP contribution in [0.25, 0.3) is 0 Å². The molecule has 1 aromatic heterocycles. The Hall–Kier alpha value is -1.78. The highest BCUT2D eigenvalue weighted by Gasteiger charge is 2.15. The van der Waals surface area contributed by atoms with Crippen LogP contribution in [-0.4, -0.2) is 24.0 Å². The summed E-state index contributed by atoms with van der Waals surface area (Å²) in [7, 11) is 0. The summed E-state index contributed by atoms with van der Waals surface area (Å²) < 4.78 is 0. The van der Waals surface area contributed by atoms with Gasteiger partial charge < -0.3 is 10.2 Å². The maximum Gasteiger partial charge on any atom is 0.274 e. The van der Waals surface area contributed by atoms with Gasteiger partial charge in [-0.05, 0) is 43.2 Å². The molecule has 2 heterocycles. The predicted molar refractivity (Wildman–Crippen MR) is 90.1 cm³/mol. The van der Waals surface area contributed by atoms with Gasteiger partial charge in [0.05, 0.1) is 10.7 Å². The van der Waals surface area contributed by atoms with Crippen molar-refractivity contribution in [2.24, 2.45) is 0 Å². The fourth-order valence-electron chi connectivity index (χ4n) is 2.49. The van der Waals surface area contributed by atoms with E-state index in [9.17, 15) is 4.79 Å². The van der Waals surface area contributed by atoms with Crippen molar-refractivity contribution in [1.82, 2.24) is 4.98 Å². The van der Waals surface area contributed by atoms with Gasteiger partial charge in [-0.1, -0.05) is 23.2 Å². The van der Waals surface area contributed by atoms with Gasteiger partial charge in [-0.2, -0.15) is 0 Å². The smallest absolute Gasteiger partial charge is 0.274 e. The zero-order chi connectivity index (χ0) is 15.5. The Bertz CT molecular complexity index is 700. The number of hydrogen-bond acceptors (Lipinski definition) is 3. The second-order valence-electron chi connectivity index (χ2n) is 5.17. The number of pyridine rings is 1. The quantitative estimate of drug-likeness (QED) is 0.912. The number of benzene rings is 1. The summed E-state index contributed by atoms with van der Waals surface area (Å²) in [5, 5.41) is 3.69. The SMILES string of the molecule is O=C(Nc1ccc(Cl)cc1Cl)c1cc(N2CCCC2)ccn1. The molecule has 0 spiro atoms. The third-order valence-electron chi connectivity index (χ3n) is 3.63. The first-order valence-corrected chi connectivity index (χ1v) is 7.86. The number of anilines is 2. The van der Waals surface area contributed by atoms with Gasteiger partial charge in [-0.15, -0.1) is 0 Å². The Morgan fingerprint density at radius 3 is 2.64 bits per heavy atom. The summed E-state index contributed by atoms with van der Waals surface area (Å²) in [6.07, 6.45) is 4.03. The van der Waals surface area contributed by atoms with Crippen LogP contribution in [0.1, 0.15) is 23.3 Å². The Balaban J connectivity index is 1.78. The molecule has 1 aromatic carbocycles. The number of nitrogens with one attached hydrogen (secondary N) is 1. The van der Waals surface area contributed by atoms with Crippen molar-refractivity contribution in [1.29, 1.82) is 0 Å². The van der Waals surface area contributed by atoms with Gasteiger partial charge >= 0.3 is 0 Å². The minimum absolute atomic E-state index is 0.287. The molecule has 1 N–H and O–H groups in total. The minimum Gasteiger partial charge on any atom is -0.371 e. The lowest BCUT2D eigenvalue weighted by Gasteiger charge is -2.17. The number of halogens is 2. The lowest BCUT2D eigenvalue weighted by molar-refractivity contribution is 0.102. The largest absolute Gasteiger partial charge is 0.371 e.